The van der Waals surface area contributed by atoms with Crippen LogP contribution < -0.4 is 10.6 Å². The third-order valence-electron chi connectivity index (χ3n) is 3.07. The van der Waals surface area contributed by atoms with Gasteiger partial charge in [0.2, 0.25) is 0 Å². The molecule has 0 spiro atoms. The molecular weight excluding hydrogens is 299 g/mol. The van der Waals surface area contributed by atoms with E-state index in [1.54, 1.807) is 49.4 Å². The van der Waals surface area contributed by atoms with Gasteiger partial charge < -0.3 is 10.1 Å². The normalized spacial score (nSPS) is 10.0. The molecule has 0 aliphatic rings. The second-order valence-electron chi connectivity index (χ2n) is 4.70. The summed E-state index contributed by atoms with van der Waals surface area (Å²) in [7, 11) is 0. The number of benzene rings is 2. The van der Waals surface area contributed by atoms with E-state index in [4.69, 9.17) is 4.74 Å². The van der Waals surface area contributed by atoms with Gasteiger partial charge in [0.25, 0.3) is 5.91 Å². The van der Waals surface area contributed by atoms with Gasteiger partial charge in [0.1, 0.15) is 5.82 Å². The molecule has 0 unspecified atom stereocenters. The lowest BCUT2D eigenvalue weighted by atomic mass is 10.1. The third kappa shape index (κ3) is 4.81. The van der Waals surface area contributed by atoms with Crippen molar-refractivity contribution >= 4 is 17.7 Å². The van der Waals surface area contributed by atoms with Gasteiger partial charge in [-0.15, -0.1) is 0 Å². The first-order valence-corrected chi connectivity index (χ1v) is 7.15. The van der Waals surface area contributed by atoms with E-state index in [9.17, 15) is 14.0 Å². The van der Waals surface area contributed by atoms with E-state index >= 15 is 0 Å². The molecule has 0 saturated heterocycles. The number of carbonyl (C=O) groups is 2. The minimum absolute atomic E-state index is 0.105. The summed E-state index contributed by atoms with van der Waals surface area (Å²) < 4.78 is 18.2. The van der Waals surface area contributed by atoms with E-state index in [0.717, 1.165) is 0 Å². The highest BCUT2D eigenvalue weighted by molar-refractivity contribution is 5.95. The van der Waals surface area contributed by atoms with Crippen LogP contribution in [0.5, 0.6) is 0 Å². The maximum absolute atomic E-state index is 13.5. The Bertz CT molecular complexity index is 686. The summed E-state index contributed by atoms with van der Waals surface area (Å²) in [5.74, 6) is -0.683. The number of halogens is 1. The first-order valence-electron chi connectivity index (χ1n) is 7.15. The Labute approximate surface area is 133 Å². The highest BCUT2D eigenvalue weighted by Crippen LogP contribution is 2.11. The molecule has 2 aromatic carbocycles. The largest absolute Gasteiger partial charge is 0.450 e. The SMILES string of the molecule is CCOC(=O)Nc1ccc(C(=O)NCc2ccccc2F)cc1. The van der Waals surface area contributed by atoms with Crippen LogP contribution in [0.3, 0.4) is 0 Å². The molecular formula is C17H17FN2O3. The van der Waals surface area contributed by atoms with Crippen LogP contribution in [0.25, 0.3) is 0 Å². The van der Waals surface area contributed by atoms with Crippen LogP contribution >= 0.6 is 0 Å². The molecule has 0 fully saturated rings. The highest BCUT2D eigenvalue weighted by atomic mass is 19.1. The minimum atomic E-state index is -0.552. The number of anilines is 1. The summed E-state index contributed by atoms with van der Waals surface area (Å²) >= 11 is 0. The Morgan fingerprint density at radius 2 is 1.78 bits per heavy atom. The number of hydrogen-bond donors (Lipinski definition) is 2. The molecule has 0 radical (unpaired) electrons. The van der Waals surface area contributed by atoms with Crippen LogP contribution in [0.2, 0.25) is 0 Å². The zero-order chi connectivity index (χ0) is 16.7. The van der Waals surface area contributed by atoms with Crippen LogP contribution in [0.4, 0.5) is 14.9 Å². The van der Waals surface area contributed by atoms with Crippen molar-refractivity contribution in [3.05, 3.63) is 65.5 Å². The quantitative estimate of drug-likeness (QED) is 0.889. The van der Waals surface area contributed by atoms with Crippen molar-refractivity contribution in [2.75, 3.05) is 11.9 Å². The summed E-state index contributed by atoms with van der Waals surface area (Å²) in [5.41, 5.74) is 1.35. The monoisotopic (exact) mass is 316 g/mol. The smallest absolute Gasteiger partial charge is 0.411 e. The standard InChI is InChI=1S/C17H17FN2O3/c1-2-23-17(22)20-14-9-7-12(8-10-14)16(21)19-11-13-5-3-4-6-15(13)18/h3-10H,2,11H2,1H3,(H,19,21)(H,20,22). The van der Waals surface area contributed by atoms with Crippen LogP contribution in [0, 0.1) is 5.82 Å². The van der Waals surface area contributed by atoms with Crippen molar-refractivity contribution in [3.63, 3.8) is 0 Å². The van der Waals surface area contributed by atoms with Gasteiger partial charge in [-0.2, -0.15) is 0 Å². The number of nitrogens with one attached hydrogen (secondary N) is 2. The highest BCUT2D eigenvalue weighted by Gasteiger charge is 2.08. The minimum Gasteiger partial charge on any atom is -0.450 e. The van der Waals surface area contributed by atoms with Gasteiger partial charge in [0.05, 0.1) is 6.61 Å². The van der Waals surface area contributed by atoms with Gasteiger partial charge in [-0.1, -0.05) is 18.2 Å². The average Bonchev–Trinajstić information content (AvgIpc) is 2.55. The molecule has 2 N–H and O–H groups in total. The molecule has 0 atom stereocenters. The number of rotatable bonds is 5. The molecule has 0 aromatic heterocycles. The molecule has 5 nitrogen and oxygen atoms in total. The van der Waals surface area contributed by atoms with Gasteiger partial charge in [0, 0.05) is 23.4 Å². The van der Waals surface area contributed by atoms with E-state index in [-0.39, 0.29) is 24.9 Å². The molecule has 0 bridgehead atoms. The summed E-state index contributed by atoms with van der Waals surface area (Å²) in [6, 6.07) is 12.6. The fourth-order valence-corrected chi connectivity index (χ4v) is 1.91. The number of carbonyl (C=O) groups excluding carboxylic acids is 2. The van der Waals surface area contributed by atoms with Gasteiger partial charge in [-0.05, 0) is 37.3 Å². The predicted octanol–water partition coefficient (Wildman–Crippen LogP) is 3.32. The van der Waals surface area contributed by atoms with Gasteiger partial charge in [0.15, 0.2) is 0 Å². The molecule has 2 rings (SSSR count). The Hall–Kier alpha value is -2.89. The second kappa shape index (κ2) is 7.93. The van der Waals surface area contributed by atoms with E-state index in [1.165, 1.54) is 6.07 Å². The molecule has 0 aliphatic carbocycles. The Kier molecular flexibility index (Phi) is 5.68. The van der Waals surface area contributed by atoms with Crippen molar-refractivity contribution in [2.45, 2.75) is 13.5 Å². The second-order valence-corrected chi connectivity index (χ2v) is 4.70. The fraction of sp³-hybridized carbons (Fsp3) is 0.176. The topological polar surface area (TPSA) is 67.4 Å². The van der Waals surface area contributed by atoms with Gasteiger partial charge >= 0.3 is 6.09 Å². The van der Waals surface area contributed by atoms with Gasteiger partial charge in [-0.3, -0.25) is 10.1 Å². The zero-order valence-electron chi connectivity index (χ0n) is 12.6. The van der Waals surface area contributed by atoms with Crippen LogP contribution in [-0.2, 0) is 11.3 Å². The summed E-state index contributed by atoms with van der Waals surface area (Å²) in [6.45, 7) is 2.10. The first kappa shape index (κ1) is 16.5. The number of amides is 2. The van der Waals surface area contributed by atoms with E-state index in [1.807, 2.05) is 0 Å². The molecule has 0 aliphatic heterocycles. The van der Waals surface area contributed by atoms with E-state index in [2.05, 4.69) is 10.6 Å². The Morgan fingerprint density at radius 1 is 1.09 bits per heavy atom. The van der Waals surface area contributed by atoms with E-state index < -0.39 is 6.09 Å². The van der Waals surface area contributed by atoms with Crippen molar-refractivity contribution in [2.24, 2.45) is 0 Å². The van der Waals surface area contributed by atoms with Crippen molar-refractivity contribution < 1.29 is 18.7 Å². The Morgan fingerprint density at radius 3 is 2.43 bits per heavy atom. The molecule has 2 aromatic rings. The van der Waals surface area contributed by atoms with Crippen molar-refractivity contribution in [3.8, 4) is 0 Å². The Balaban J connectivity index is 1.92. The van der Waals surface area contributed by atoms with Gasteiger partial charge in [-0.25, -0.2) is 9.18 Å². The summed E-state index contributed by atoms with van der Waals surface area (Å²) in [5, 5.41) is 5.18. The molecule has 6 heteroatoms. The third-order valence-corrected chi connectivity index (χ3v) is 3.07. The van der Waals surface area contributed by atoms with Crippen LogP contribution in [0.15, 0.2) is 48.5 Å². The van der Waals surface area contributed by atoms with E-state index in [0.29, 0.717) is 16.8 Å². The van der Waals surface area contributed by atoms with Crippen molar-refractivity contribution in [1.29, 1.82) is 0 Å². The van der Waals surface area contributed by atoms with Crippen LogP contribution in [-0.4, -0.2) is 18.6 Å². The molecule has 23 heavy (non-hydrogen) atoms. The molecule has 2 amide bonds. The number of hydrogen-bond acceptors (Lipinski definition) is 3. The molecule has 0 saturated carbocycles. The maximum Gasteiger partial charge on any atom is 0.411 e. The first-order chi connectivity index (χ1) is 11.1. The lowest BCUT2D eigenvalue weighted by Crippen LogP contribution is -2.23. The summed E-state index contributed by atoms with van der Waals surface area (Å²) in [6.07, 6.45) is -0.552. The fourth-order valence-electron chi connectivity index (χ4n) is 1.91. The average molecular weight is 316 g/mol. The predicted molar refractivity (Wildman–Crippen MR) is 84.7 cm³/mol. The zero-order valence-corrected chi connectivity index (χ0v) is 12.6. The lowest BCUT2D eigenvalue weighted by molar-refractivity contribution is 0.0950. The van der Waals surface area contributed by atoms with Crippen molar-refractivity contribution in [1.82, 2.24) is 5.32 Å². The maximum atomic E-state index is 13.5. The molecule has 0 heterocycles. The van der Waals surface area contributed by atoms with Crippen LogP contribution in [0.1, 0.15) is 22.8 Å². The lowest BCUT2D eigenvalue weighted by Gasteiger charge is -2.08. The number of ether oxygens (including phenoxy) is 1. The molecule has 120 valence electrons. The summed E-state index contributed by atoms with van der Waals surface area (Å²) in [4.78, 5) is 23.3.